The third kappa shape index (κ3) is 2.07. The maximum atomic E-state index is 10.8. The highest BCUT2D eigenvalue weighted by Gasteiger charge is 2.03. The Bertz CT molecular complexity index is 525. The topological polar surface area (TPSA) is 56.0 Å². The van der Waals surface area contributed by atoms with Crippen LogP contribution in [0.15, 0.2) is 30.5 Å². The number of pyridine rings is 1. The Labute approximate surface area is 91.9 Å². The fraction of sp³-hybridized carbons (Fsp3) is 0.0909. The van der Waals surface area contributed by atoms with E-state index in [2.05, 4.69) is 4.98 Å². The molecule has 4 heteroatoms. The Balaban J connectivity index is 2.54. The number of hydrogen-bond acceptors (Lipinski definition) is 2. The van der Waals surface area contributed by atoms with Crippen molar-refractivity contribution in [2.24, 2.45) is 5.73 Å². The third-order valence-corrected chi connectivity index (χ3v) is 2.46. The number of halogens is 1. The molecule has 2 rings (SSSR count). The maximum absolute atomic E-state index is 10.8. The average Bonchev–Trinajstić information content (AvgIpc) is 2.18. The Morgan fingerprint density at radius 2 is 2.20 bits per heavy atom. The number of amides is 1. The van der Waals surface area contributed by atoms with E-state index in [0.29, 0.717) is 5.02 Å². The minimum absolute atomic E-state index is 0.223. The van der Waals surface area contributed by atoms with Crippen LogP contribution < -0.4 is 5.73 Å². The number of carbonyl (C=O) groups excluding carboxylic acids is 1. The van der Waals surface area contributed by atoms with Gasteiger partial charge in [0.25, 0.3) is 0 Å². The van der Waals surface area contributed by atoms with E-state index in [1.807, 2.05) is 18.2 Å². The Morgan fingerprint density at radius 1 is 1.40 bits per heavy atom. The first kappa shape index (κ1) is 9.93. The van der Waals surface area contributed by atoms with Crippen molar-refractivity contribution in [1.29, 1.82) is 0 Å². The van der Waals surface area contributed by atoms with Crippen LogP contribution in [-0.4, -0.2) is 10.9 Å². The highest BCUT2D eigenvalue weighted by molar-refractivity contribution is 6.35. The zero-order valence-corrected chi connectivity index (χ0v) is 8.66. The first-order chi connectivity index (χ1) is 7.16. The highest BCUT2D eigenvalue weighted by atomic mass is 35.5. The summed E-state index contributed by atoms with van der Waals surface area (Å²) in [5.74, 6) is -0.352. The molecule has 0 atom stereocenters. The van der Waals surface area contributed by atoms with Gasteiger partial charge in [0.15, 0.2) is 0 Å². The Hall–Kier alpha value is -1.61. The van der Waals surface area contributed by atoms with Crippen molar-refractivity contribution >= 4 is 28.4 Å². The number of carbonyl (C=O) groups is 1. The molecule has 2 aromatic rings. The maximum Gasteiger partial charge on any atom is 0.221 e. The fourth-order valence-corrected chi connectivity index (χ4v) is 1.68. The Morgan fingerprint density at radius 3 is 2.93 bits per heavy atom. The molecule has 15 heavy (non-hydrogen) atoms. The third-order valence-electron chi connectivity index (χ3n) is 2.13. The van der Waals surface area contributed by atoms with Crippen LogP contribution in [0.4, 0.5) is 0 Å². The van der Waals surface area contributed by atoms with E-state index in [1.54, 1.807) is 12.3 Å². The number of benzene rings is 1. The van der Waals surface area contributed by atoms with Gasteiger partial charge in [-0.05, 0) is 23.8 Å². The number of nitrogens with zero attached hydrogens (tertiary/aromatic N) is 1. The molecule has 0 bridgehead atoms. The van der Waals surface area contributed by atoms with Crippen molar-refractivity contribution in [1.82, 2.24) is 4.98 Å². The molecule has 2 N–H and O–H groups in total. The van der Waals surface area contributed by atoms with Gasteiger partial charge in [0.2, 0.25) is 5.91 Å². The van der Waals surface area contributed by atoms with E-state index < -0.39 is 0 Å². The molecule has 0 saturated heterocycles. The number of rotatable bonds is 2. The van der Waals surface area contributed by atoms with Gasteiger partial charge in [0, 0.05) is 11.6 Å². The number of aromatic nitrogens is 1. The summed E-state index contributed by atoms with van der Waals surface area (Å²) in [5, 5.41) is 1.48. The second-order valence-corrected chi connectivity index (χ2v) is 3.69. The van der Waals surface area contributed by atoms with Crippen LogP contribution in [0.3, 0.4) is 0 Å². The number of fused-ring (bicyclic) bond motifs is 1. The van der Waals surface area contributed by atoms with Crippen molar-refractivity contribution in [3.05, 3.63) is 41.0 Å². The van der Waals surface area contributed by atoms with Gasteiger partial charge in [-0.1, -0.05) is 17.7 Å². The fourth-order valence-electron chi connectivity index (χ4n) is 1.47. The lowest BCUT2D eigenvalue weighted by Gasteiger charge is -2.02. The van der Waals surface area contributed by atoms with Gasteiger partial charge in [0.05, 0.1) is 17.0 Å². The van der Waals surface area contributed by atoms with E-state index in [0.717, 1.165) is 16.5 Å². The number of nitrogens with two attached hydrogens (primary N) is 1. The predicted molar refractivity (Wildman–Crippen MR) is 59.7 cm³/mol. The van der Waals surface area contributed by atoms with Crippen LogP contribution in [-0.2, 0) is 11.2 Å². The molecular weight excluding hydrogens is 212 g/mol. The SMILES string of the molecule is NC(=O)Cc1ccc2nccc(Cl)c2c1. The molecule has 0 spiro atoms. The number of hydrogen-bond donors (Lipinski definition) is 1. The minimum atomic E-state index is -0.352. The summed E-state index contributed by atoms with van der Waals surface area (Å²) in [4.78, 5) is 14.9. The summed E-state index contributed by atoms with van der Waals surface area (Å²) in [6.07, 6.45) is 1.87. The predicted octanol–water partition coefficient (Wildman–Crippen LogP) is 1.92. The minimum Gasteiger partial charge on any atom is -0.369 e. The van der Waals surface area contributed by atoms with Gasteiger partial charge >= 0.3 is 0 Å². The molecule has 1 heterocycles. The van der Waals surface area contributed by atoms with Crippen LogP contribution in [0.2, 0.25) is 5.02 Å². The van der Waals surface area contributed by atoms with E-state index in [4.69, 9.17) is 17.3 Å². The molecular formula is C11H9ClN2O. The molecule has 1 amide bonds. The van der Waals surface area contributed by atoms with Gasteiger partial charge in [-0.2, -0.15) is 0 Å². The highest BCUT2D eigenvalue weighted by Crippen LogP contribution is 2.22. The molecule has 1 aromatic heterocycles. The lowest BCUT2D eigenvalue weighted by Crippen LogP contribution is -2.13. The summed E-state index contributed by atoms with van der Waals surface area (Å²) in [5.41, 5.74) is 6.79. The van der Waals surface area contributed by atoms with E-state index >= 15 is 0 Å². The van der Waals surface area contributed by atoms with E-state index in [-0.39, 0.29) is 12.3 Å². The van der Waals surface area contributed by atoms with Gasteiger partial charge in [-0.15, -0.1) is 0 Å². The van der Waals surface area contributed by atoms with Gasteiger partial charge < -0.3 is 5.73 Å². The van der Waals surface area contributed by atoms with Gasteiger partial charge in [-0.25, -0.2) is 0 Å². The average molecular weight is 221 g/mol. The molecule has 0 aliphatic carbocycles. The lowest BCUT2D eigenvalue weighted by atomic mass is 10.1. The molecule has 0 fully saturated rings. The standard InChI is InChI=1S/C11H9ClN2O/c12-9-3-4-14-10-2-1-7(5-8(9)10)6-11(13)15/h1-5H,6H2,(H2,13,15). The second kappa shape index (κ2) is 3.87. The van der Waals surface area contributed by atoms with Gasteiger partial charge in [0.1, 0.15) is 0 Å². The molecule has 0 unspecified atom stereocenters. The molecule has 0 aliphatic rings. The molecule has 76 valence electrons. The Kier molecular flexibility index (Phi) is 2.56. The van der Waals surface area contributed by atoms with E-state index in [9.17, 15) is 4.79 Å². The van der Waals surface area contributed by atoms with Crippen LogP contribution in [0, 0.1) is 0 Å². The van der Waals surface area contributed by atoms with Crippen LogP contribution in [0.1, 0.15) is 5.56 Å². The summed E-state index contributed by atoms with van der Waals surface area (Å²) < 4.78 is 0. The van der Waals surface area contributed by atoms with Crippen LogP contribution in [0.25, 0.3) is 10.9 Å². The number of primary amides is 1. The largest absolute Gasteiger partial charge is 0.369 e. The monoisotopic (exact) mass is 220 g/mol. The summed E-state index contributed by atoms with van der Waals surface area (Å²) in [6.45, 7) is 0. The first-order valence-corrected chi connectivity index (χ1v) is 4.86. The van der Waals surface area contributed by atoms with Crippen molar-refractivity contribution < 1.29 is 4.79 Å². The molecule has 1 aromatic carbocycles. The first-order valence-electron chi connectivity index (χ1n) is 4.48. The molecule has 0 aliphatic heterocycles. The zero-order valence-electron chi connectivity index (χ0n) is 7.90. The summed E-state index contributed by atoms with van der Waals surface area (Å²) >= 11 is 6.01. The second-order valence-electron chi connectivity index (χ2n) is 3.29. The van der Waals surface area contributed by atoms with Crippen molar-refractivity contribution in [2.45, 2.75) is 6.42 Å². The molecule has 0 radical (unpaired) electrons. The summed E-state index contributed by atoms with van der Waals surface area (Å²) in [6, 6.07) is 7.23. The summed E-state index contributed by atoms with van der Waals surface area (Å²) in [7, 11) is 0. The van der Waals surface area contributed by atoms with Crippen molar-refractivity contribution in [3.8, 4) is 0 Å². The normalized spacial score (nSPS) is 10.5. The molecule has 3 nitrogen and oxygen atoms in total. The smallest absolute Gasteiger partial charge is 0.221 e. The van der Waals surface area contributed by atoms with Crippen LogP contribution >= 0.6 is 11.6 Å². The van der Waals surface area contributed by atoms with Crippen molar-refractivity contribution in [3.63, 3.8) is 0 Å². The van der Waals surface area contributed by atoms with Crippen molar-refractivity contribution in [2.75, 3.05) is 0 Å². The zero-order chi connectivity index (χ0) is 10.8. The van der Waals surface area contributed by atoms with Gasteiger partial charge in [-0.3, -0.25) is 9.78 Å². The van der Waals surface area contributed by atoms with E-state index in [1.165, 1.54) is 0 Å². The molecule has 0 saturated carbocycles. The van der Waals surface area contributed by atoms with Crippen LogP contribution in [0.5, 0.6) is 0 Å². The lowest BCUT2D eigenvalue weighted by molar-refractivity contribution is -0.117. The quantitative estimate of drug-likeness (QED) is 0.841.